The Kier molecular flexibility index (Phi) is 8.63. The molecule has 0 saturated carbocycles. The molecule has 14 heteroatoms. The average molecular weight is 529 g/mol. The molecule has 0 radical (unpaired) electrons. The topological polar surface area (TPSA) is 107 Å². The Morgan fingerprint density at radius 3 is 2.43 bits per heavy atom. The number of halogens is 5. The fourth-order valence-electron chi connectivity index (χ4n) is 3.22. The number of hydrogen-bond donors (Lipinski definition) is 1. The van der Waals surface area contributed by atoms with Crippen LogP contribution in [0.3, 0.4) is 0 Å². The van der Waals surface area contributed by atoms with E-state index in [1.807, 2.05) is 0 Å². The molecule has 37 heavy (non-hydrogen) atoms. The monoisotopic (exact) mass is 529 g/mol. The fraction of sp³-hybridized carbons (Fsp3) is 0.304. The van der Waals surface area contributed by atoms with Crippen LogP contribution in [-0.4, -0.2) is 49.5 Å². The van der Waals surface area contributed by atoms with Gasteiger partial charge in [-0.05, 0) is 43.3 Å². The van der Waals surface area contributed by atoms with Gasteiger partial charge in [0.25, 0.3) is 5.91 Å². The van der Waals surface area contributed by atoms with E-state index < -0.39 is 49.5 Å². The van der Waals surface area contributed by atoms with Gasteiger partial charge < -0.3 is 19.5 Å². The number of anilines is 2. The number of alkyl halides is 5. The van der Waals surface area contributed by atoms with Crippen molar-refractivity contribution in [2.45, 2.75) is 26.1 Å². The van der Waals surface area contributed by atoms with E-state index in [1.165, 1.54) is 43.3 Å². The third-order valence-corrected chi connectivity index (χ3v) is 4.78. The van der Waals surface area contributed by atoms with Crippen LogP contribution in [-0.2, 0) is 19.1 Å². The van der Waals surface area contributed by atoms with Gasteiger partial charge in [0.2, 0.25) is 5.91 Å². The van der Waals surface area contributed by atoms with Crippen molar-refractivity contribution < 1.29 is 50.5 Å². The number of hydrazone groups is 1. The number of esters is 1. The van der Waals surface area contributed by atoms with Crippen molar-refractivity contribution in [3.8, 4) is 11.5 Å². The molecule has 1 unspecified atom stereocenters. The van der Waals surface area contributed by atoms with E-state index in [0.717, 1.165) is 12.1 Å². The second kappa shape index (κ2) is 11.7. The molecule has 3 rings (SSSR count). The summed E-state index contributed by atoms with van der Waals surface area (Å²) >= 11 is 0. The van der Waals surface area contributed by atoms with Gasteiger partial charge in [-0.2, -0.15) is 32.1 Å². The molecule has 2 aromatic rings. The molecule has 0 bridgehead atoms. The summed E-state index contributed by atoms with van der Waals surface area (Å²) in [6, 6.07) is 9.99. The van der Waals surface area contributed by atoms with Crippen LogP contribution in [0.25, 0.3) is 0 Å². The highest BCUT2D eigenvalue weighted by molar-refractivity contribution is 6.39. The van der Waals surface area contributed by atoms with E-state index in [9.17, 15) is 36.3 Å². The molecule has 1 aliphatic rings. The number of rotatable bonds is 9. The number of para-hydroxylation sites is 2. The lowest BCUT2D eigenvalue weighted by Crippen LogP contribution is -2.46. The third kappa shape index (κ3) is 7.38. The van der Waals surface area contributed by atoms with Crippen LogP contribution in [0.5, 0.6) is 11.5 Å². The number of nitrogens with one attached hydrogen (secondary N) is 1. The van der Waals surface area contributed by atoms with Crippen molar-refractivity contribution >= 4 is 34.9 Å². The zero-order valence-electron chi connectivity index (χ0n) is 19.1. The normalized spacial score (nSPS) is 15.8. The number of carbonyl (C=O) groups excluding carboxylic acids is 3. The summed E-state index contributed by atoms with van der Waals surface area (Å²) in [6.45, 7) is -3.22. The highest BCUT2D eigenvalue weighted by Crippen LogP contribution is 2.34. The Hall–Kier alpha value is -4.23. The molecule has 1 heterocycles. The second-order valence-electron chi connectivity index (χ2n) is 7.44. The van der Waals surface area contributed by atoms with Crippen LogP contribution < -0.4 is 19.8 Å². The summed E-state index contributed by atoms with van der Waals surface area (Å²) in [4.78, 5) is 38.6. The molecule has 0 aliphatic carbocycles. The number of hydrogen-bond acceptors (Lipinski definition) is 7. The van der Waals surface area contributed by atoms with Crippen molar-refractivity contribution in [3.05, 3.63) is 48.5 Å². The Bertz CT molecular complexity index is 1170. The van der Waals surface area contributed by atoms with E-state index in [-0.39, 0.29) is 35.2 Å². The lowest BCUT2D eigenvalue weighted by Gasteiger charge is -2.29. The molecule has 1 atom stereocenters. The van der Waals surface area contributed by atoms with Gasteiger partial charge in [-0.15, -0.1) is 0 Å². The summed E-state index contributed by atoms with van der Waals surface area (Å²) < 4.78 is 76.8. The zero-order chi connectivity index (χ0) is 27.2. The Morgan fingerprint density at radius 1 is 1.14 bits per heavy atom. The number of nitrogens with zero attached hydrogens (tertiary/aromatic N) is 2. The minimum Gasteiger partial charge on any atom is -0.482 e. The quantitative estimate of drug-likeness (QED) is 0.297. The molecule has 2 aromatic carbocycles. The highest BCUT2D eigenvalue weighted by Gasteiger charge is 2.40. The molecule has 1 aliphatic heterocycles. The smallest absolute Gasteiger partial charge is 0.422 e. The maximum Gasteiger partial charge on any atom is 0.422 e. The summed E-state index contributed by atoms with van der Waals surface area (Å²) in [5, 5.41) is 6.98. The van der Waals surface area contributed by atoms with Gasteiger partial charge in [0.1, 0.15) is 28.8 Å². The maximum atomic E-state index is 13.2. The number of carbonyl (C=O) groups is 3. The molecule has 2 amide bonds. The summed E-state index contributed by atoms with van der Waals surface area (Å²) in [7, 11) is 0. The van der Waals surface area contributed by atoms with Gasteiger partial charge in [-0.25, -0.2) is 4.79 Å². The molecular formula is C23H20F5N3O6. The lowest BCUT2D eigenvalue weighted by molar-refractivity contribution is -0.153. The zero-order valence-corrected chi connectivity index (χ0v) is 19.1. The standard InChI is InChI=1S/C23H20F5N3O6/c1-2-35-21(34)16-11-15(19(32)29-13-7-9-14(10-8-13)37-22(24)25)20(33)31(30-16)17-5-3-4-6-18(17)36-12-23(26,27)28/h3-10,15,22H,2,11-12H2,1H3,(H,29,32). The van der Waals surface area contributed by atoms with E-state index in [2.05, 4.69) is 15.2 Å². The van der Waals surface area contributed by atoms with Crippen LogP contribution in [0, 0.1) is 5.92 Å². The van der Waals surface area contributed by atoms with Crippen molar-refractivity contribution in [1.82, 2.24) is 0 Å². The lowest BCUT2D eigenvalue weighted by atomic mass is 9.97. The second-order valence-corrected chi connectivity index (χ2v) is 7.44. The number of amides is 2. The predicted octanol–water partition coefficient (Wildman–Crippen LogP) is 4.14. The molecule has 9 nitrogen and oxygen atoms in total. The number of ether oxygens (including phenoxy) is 3. The Morgan fingerprint density at radius 2 is 1.81 bits per heavy atom. The van der Waals surface area contributed by atoms with Crippen molar-refractivity contribution in [2.75, 3.05) is 23.5 Å². The minimum atomic E-state index is -4.67. The van der Waals surface area contributed by atoms with E-state index in [1.54, 1.807) is 0 Å². The molecule has 0 fully saturated rings. The molecule has 198 valence electrons. The van der Waals surface area contributed by atoms with Crippen LogP contribution in [0.15, 0.2) is 53.6 Å². The fourth-order valence-corrected chi connectivity index (χ4v) is 3.22. The van der Waals surface area contributed by atoms with Gasteiger partial charge in [-0.3, -0.25) is 9.59 Å². The van der Waals surface area contributed by atoms with Gasteiger partial charge in [0, 0.05) is 12.1 Å². The Balaban J connectivity index is 1.89. The molecule has 0 spiro atoms. The molecular weight excluding hydrogens is 509 g/mol. The minimum absolute atomic E-state index is 0.0407. The van der Waals surface area contributed by atoms with Gasteiger partial charge in [0.05, 0.1) is 6.61 Å². The van der Waals surface area contributed by atoms with E-state index in [4.69, 9.17) is 9.47 Å². The molecule has 0 saturated heterocycles. The van der Waals surface area contributed by atoms with Gasteiger partial charge >= 0.3 is 18.8 Å². The third-order valence-electron chi connectivity index (χ3n) is 4.78. The Labute approximate surface area is 206 Å². The average Bonchev–Trinajstić information content (AvgIpc) is 2.83. The highest BCUT2D eigenvalue weighted by atomic mass is 19.4. The van der Waals surface area contributed by atoms with Crippen LogP contribution in [0.4, 0.5) is 33.3 Å². The number of benzene rings is 2. The first-order valence-electron chi connectivity index (χ1n) is 10.7. The maximum absolute atomic E-state index is 13.2. The van der Waals surface area contributed by atoms with Gasteiger partial charge in [0.15, 0.2) is 6.61 Å². The summed E-state index contributed by atoms with van der Waals surface area (Å²) in [5.74, 6) is -4.84. The summed E-state index contributed by atoms with van der Waals surface area (Å²) in [5.41, 5.74) is -0.433. The first-order chi connectivity index (χ1) is 17.5. The van der Waals surface area contributed by atoms with Crippen LogP contribution in [0.2, 0.25) is 0 Å². The van der Waals surface area contributed by atoms with E-state index in [0.29, 0.717) is 5.01 Å². The first-order valence-corrected chi connectivity index (χ1v) is 10.7. The van der Waals surface area contributed by atoms with Crippen molar-refractivity contribution in [3.63, 3.8) is 0 Å². The summed E-state index contributed by atoms with van der Waals surface area (Å²) in [6.07, 6.45) is -5.13. The van der Waals surface area contributed by atoms with E-state index >= 15 is 0 Å². The van der Waals surface area contributed by atoms with Crippen LogP contribution in [0.1, 0.15) is 13.3 Å². The predicted molar refractivity (Wildman–Crippen MR) is 119 cm³/mol. The largest absolute Gasteiger partial charge is 0.482 e. The van der Waals surface area contributed by atoms with Crippen molar-refractivity contribution in [1.29, 1.82) is 0 Å². The first kappa shape index (κ1) is 27.4. The molecule has 0 aromatic heterocycles. The van der Waals surface area contributed by atoms with Crippen LogP contribution >= 0.6 is 0 Å². The molecule has 1 N–H and O–H groups in total. The SMILES string of the molecule is CCOC(=O)C1=NN(c2ccccc2OCC(F)(F)F)C(=O)C(C(=O)Nc2ccc(OC(F)F)cc2)C1. The van der Waals surface area contributed by atoms with Crippen molar-refractivity contribution in [2.24, 2.45) is 11.0 Å². The van der Waals surface area contributed by atoms with Gasteiger partial charge in [-0.1, -0.05) is 12.1 Å².